The molecule has 1 rings (SSSR count). The lowest BCUT2D eigenvalue weighted by Gasteiger charge is -2.01. The van der Waals surface area contributed by atoms with Crippen molar-refractivity contribution in [1.82, 2.24) is 4.98 Å². The van der Waals surface area contributed by atoms with E-state index in [0.29, 0.717) is 5.69 Å². The van der Waals surface area contributed by atoms with Gasteiger partial charge in [-0.3, -0.25) is 4.98 Å². The van der Waals surface area contributed by atoms with Crippen LogP contribution in [0.4, 0.5) is 4.39 Å². The molecule has 0 aromatic carbocycles. The zero-order chi connectivity index (χ0) is 9.14. The van der Waals surface area contributed by atoms with Gasteiger partial charge in [-0.25, -0.2) is 4.39 Å². The maximum Gasteiger partial charge on any atom is 0.124 e. The molecule has 12 heavy (non-hydrogen) atoms. The van der Waals surface area contributed by atoms with Crippen LogP contribution in [0.25, 0.3) is 5.57 Å². The maximum atomic E-state index is 12.6. The summed E-state index contributed by atoms with van der Waals surface area (Å²) in [5.41, 5.74) is 1.82. The van der Waals surface area contributed by atoms with Gasteiger partial charge in [0.25, 0.3) is 0 Å². The third-order valence-electron chi connectivity index (χ3n) is 1.55. The molecule has 0 N–H and O–H groups in total. The highest BCUT2D eigenvalue weighted by molar-refractivity contribution is 5.72. The monoisotopic (exact) mass is 163 g/mol. The minimum Gasteiger partial charge on any atom is -0.256 e. The predicted molar refractivity (Wildman–Crippen MR) is 48.3 cm³/mol. The van der Waals surface area contributed by atoms with Gasteiger partial charge in [-0.1, -0.05) is 13.2 Å². The van der Waals surface area contributed by atoms with Crippen molar-refractivity contribution in [3.05, 3.63) is 48.6 Å². The van der Waals surface area contributed by atoms with Crippen LogP contribution in [0.5, 0.6) is 0 Å². The van der Waals surface area contributed by atoms with Crippen LogP contribution in [-0.4, -0.2) is 4.98 Å². The molecule has 0 fully saturated rings. The van der Waals surface area contributed by atoms with Gasteiger partial charge in [0.15, 0.2) is 0 Å². The normalized spacial score (nSPS) is 9.50. The smallest absolute Gasteiger partial charge is 0.124 e. The summed E-state index contributed by atoms with van der Waals surface area (Å²) in [6.45, 7) is 8.60. The van der Waals surface area contributed by atoms with E-state index in [1.165, 1.54) is 0 Å². The second-order valence-electron chi connectivity index (χ2n) is 2.60. The summed E-state index contributed by atoms with van der Waals surface area (Å²) in [7, 11) is 0. The zero-order valence-electron chi connectivity index (χ0n) is 6.97. The quantitative estimate of drug-likeness (QED) is 0.611. The average Bonchev–Trinajstić information content (AvgIpc) is 2.03. The number of halogens is 1. The Hall–Kier alpha value is -1.44. The van der Waals surface area contributed by atoms with Crippen LogP contribution >= 0.6 is 0 Å². The predicted octanol–water partition coefficient (Wildman–Crippen LogP) is 2.89. The first-order valence-electron chi connectivity index (χ1n) is 3.58. The Bertz CT molecular complexity index is 328. The SMILES string of the molecule is C=C(F)C(=C)c1cc(C)ccn1. The fourth-order valence-corrected chi connectivity index (χ4v) is 0.840. The van der Waals surface area contributed by atoms with Crippen molar-refractivity contribution in [2.24, 2.45) is 0 Å². The highest BCUT2D eigenvalue weighted by Crippen LogP contribution is 2.18. The topological polar surface area (TPSA) is 12.9 Å². The van der Waals surface area contributed by atoms with E-state index >= 15 is 0 Å². The number of aromatic nitrogens is 1. The third kappa shape index (κ3) is 1.78. The van der Waals surface area contributed by atoms with E-state index in [9.17, 15) is 4.39 Å². The van der Waals surface area contributed by atoms with Gasteiger partial charge in [0.1, 0.15) is 5.83 Å². The van der Waals surface area contributed by atoms with Gasteiger partial charge in [-0.15, -0.1) is 0 Å². The Kier molecular flexibility index (Phi) is 2.38. The summed E-state index contributed by atoms with van der Waals surface area (Å²) in [4.78, 5) is 3.96. The summed E-state index contributed by atoms with van der Waals surface area (Å²) in [6.07, 6.45) is 1.62. The van der Waals surface area contributed by atoms with Gasteiger partial charge in [-0.05, 0) is 24.6 Å². The summed E-state index contributed by atoms with van der Waals surface area (Å²) >= 11 is 0. The molecule has 0 unspecified atom stereocenters. The molecule has 0 aliphatic carbocycles. The molecule has 0 radical (unpaired) electrons. The fraction of sp³-hybridized carbons (Fsp3) is 0.100. The third-order valence-corrected chi connectivity index (χ3v) is 1.55. The van der Waals surface area contributed by atoms with E-state index in [1.54, 1.807) is 12.3 Å². The summed E-state index contributed by atoms with van der Waals surface area (Å²) in [5, 5.41) is 0. The highest BCUT2D eigenvalue weighted by Gasteiger charge is 2.02. The van der Waals surface area contributed by atoms with Gasteiger partial charge >= 0.3 is 0 Å². The Morgan fingerprint density at radius 2 is 2.17 bits per heavy atom. The van der Waals surface area contributed by atoms with Gasteiger partial charge in [0, 0.05) is 11.8 Å². The first-order chi connectivity index (χ1) is 5.61. The molecule has 0 aliphatic heterocycles. The number of rotatable bonds is 2. The maximum absolute atomic E-state index is 12.6. The molecule has 1 heterocycles. The van der Waals surface area contributed by atoms with Crippen LogP contribution in [-0.2, 0) is 0 Å². The molecule has 0 spiro atoms. The minimum absolute atomic E-state index is 0.249. The van der Waals surface area contributed by atoms with Crippen molar-refractivity contribution in [2.45, 2.75) is 6.92 Å². The lowest BCUT2D eigenvalue weighted by atomic mass is 10.1. The van der Waals surface area contributed by atoms with Crippen LogP contribution in [0.3, 0.4) is 0 Å². The molecule has 0 atom stereocenters. The van der Waals surface area contributed by atoms with E-state index in [4.69, 9.17) is 0 Å². The fourth-order valence-electron chi connectivity index (χ4n) is 0.840. The van der Waals surface area contributed by atoms with Gasteiger partial charge in [0.05, 0.1) is 5.69 Å². The van der Waals surface area contributed by atoms with Crippen LogP contribution in [0.1, 0.15) is 11.3 Å². The number of pyridine rings is 1. The first-order valence-corrected chi connectivity index (χ1v) is 3.58. The molecular formula is C10H10FN. The standard InChI is InChI=1S/C10H10FN/c1-7-4-5-12-10(6-7)8(2)9(3)11/h4-6H,2-3H2,1H3. The number of aryl methyl sites for hydroxylation is 1. The molecule has 0 amide bonds. The summed E-state index contributed by atoms with van der Waals surface area (Å²) in [5.74, 6) is -0.534. The van der Waals surface area contributed by atoms with E-state index in [0.717, 1.165) is 5.56 Å². The van der Waals surface area contributed by atoms with Crippen LogP contribution in [0, 0.1) is 6.92 Å². The Morgan fingerprint density at radius 1 is 1.50 bits per heavy atom. The van der Waals surface area contributed by atoms with E-state index in [-0.39, 0.29) is 5.57 Å². The van der Waals surface area contributed by atoms with E-state index in [2.05, 4.69) is 18.1 Å². The minimum atomic E-state index is -0.534. The zero-order valence-corrected chi connectivity index (χ0v) is 6.97. The Morgan fingerprint density at radius 3 is 2.67 bits per heavy atom. The van der Waals surface area contributed by atoms with Crippen molar-refractivity contribution < 1.29 is 4.39 Å². The molecule has 1 aromatic heterocycles. The van der Waals surface area contributed by atoms with Crippen molar-refractivity contribution in [3.8, 4) is 0 Å². The molecule has 0 saturated carbocycles. The first kappa shape index (κ1) is 8.65. The van der Waals surface area contributed by atoms with E-state index in [1.807, 2.05) is 13.0 Å². The average molecular weight is 163 g/mol. The van der Waals surface area contributed by atoms with Crippen molar-refractivity contribution in [1.29, 1.82) is 0 Å². The number of hydrogen-bond acceptors (Lipinski definition) is 1. The number of hydrogen-bond donors (Lipinski definition) is 0. The van der Waals surface area contributed by atoms with Gasteiger partial charge in [-0.2, -0.15) is 0 Å². The second kappa shape index (κ2) is 3.30. The Balaban J connectivity index is 3.04. The molecule has 0 bridgehead atoms. The van der Waals surface area contributed by atoms with Gasteiger partial charge < -0.3 is 0 Å². The Labute approximate surface area is 71.3 Å². The lowest BCUT2D eigenvalue weighted by molar-refractivity contribution is 0.677. The highest BCUT2D eigenvalue weighted by atomic mass is 19.1. The van der Waals surface area contributed by atoms with Crippen molar-refractivity contribution in [2.75, 3.05) is 0 Å². The number of nitrogens with zero attached hydrogens (tertiary/aromatic N) is 1. The molecule has 1 nitrogen and oxygen atoms in total. The van der Waals surface area contributed by atoms with Crippen LogP contribution in [0.2, 0.25) is 0 Å². The van der Waals surface area contributed by atoms with E-state index < -0.39 is 5.83 Å². The molecule has 1 aromatic rings. The van der Waals surface area contributed by atoms with Gasteiger partial charge in [0.2, 0.25) is 0 Å². The molecule has 0 aliphatic rings. The molecule has 62 valence electrons. The lowest BCUT2D eigenvalue weighted by Crippen LogP contribution is -1.88. The number of allylic oxidation sites excluding steroid dienone is 2. The molecule has 2 heteroatoms. The second-order valence-corrected chi connectivity index (χ2v) is 2.60. The van der Waals surface area contributed by atoms with Crippen LogP contribution < -0.4 is 0 Å². The van der Waals surface area contributed by atoms with Crippen molar-refractivity contribution in [3.63, 3.8) is 0 Å². The molecular weight excluding hydrogens is 153 g/mol. The summed E-state index contributed by atoms with van der Waals surface area (Å²) in [6, 6.07) is 3.62. The summed E-state index contributed by atoms with van der Waals surface area (Å²) < 4.78 is 12.6. The largest absolute Gasteiger partial charge is 0.256 e. The van der Waals surface area contributed by atoms with Crippen molar-refractivity contribution >= 4 is 5.57 Å². The molecule has 0 saturated heterocycles. The van der Waals surface area contributed by atoms with Crippen LogP contribution in [0.15, 0.2) is 37.3 Å².